The zero-order valence-corrected chi connectivity index (χ0v) is 9.70. The average molecular weight is 258 g/mol. The van der Waals surface area contributed by atoms with Crippen molar-refractivity contribution in [2.75, 3.05) is 0 Å². The summed E-state index contributed by atoms with van der Waals surface area (Å²) in [4.78, 5) is 21.8. The Kier molecular flexibility index (Phi) is 3.20. The van der Waals surface area contributed by atoms with E-state index in [1.807, 2.05) is 0 Å². The van der Waals surface area contributed by atoms with Crippen LogP contribution in [0.25, 0.3) is 11.1 Å². The summed E-state index contributed by atoms with van der Waals surface area (Å²) in [5, 5.41) is 28.9. The second-order valence-electron chi connectivity index (χ2n) is 3.88. The van der Waals surface area contributed by atoms with E-state index in [1.165, 1.54) is 12.1 Å². The highest BCUT2D eigenvalue weighted by molar-refractivity contribution is 5.93. The van der Waals surface area contributed by atoms with E-state index in [1.54, 1.807) is 18.2 Å². The number of aromatic hydroxyl groups is 3. The summed E-state index contributed by atoms with van der Waals surface area (Å²) in [6.45, 7) is 0. The third kappa shape index (κ3) is 2.01. The second-order valence-corrected chi connectivity index (χ2v) is 3.88. The summed E-state index contributed by atoms with van der Waals surface area (Å²) in [5.74, 6) is -2.07. The van der Waals surface area contributed by atoms with Crippen LogP contribution in [0.2, 0.25) is 0 Å². The van der Waals surface area contributed by atoms with Gasteiger partial charge >= 0.3 is 0 Å². The molecule has 2 aromatic carbocycles. The van der Waals surface area contributed by atoms with Crippen molar-refractivity contribution in [1.29, 1.82) is 0 Å². The quantitative estimate of drug-likeness (QED) is 0.578. The average Bonchev–Trinajstić information content (AvgIpc) is 2.45. The molecular weight excluding hydrogens is 248 g/mol. The lowest BCUT2D eigenvalue weighted by Crippen LogP contribution is -1.91. The lowest BCUT2D eigenvalue weighted by Gasteiger charge is -2.11. The molecule has 0 saturated carbocycles. The van der Waals surface area contributed by atoms with Crippen LogP contribution < -0.4 is 0 Å². The molecule has 5 nitrogen and oxygen atoms in total. The SMILES string of the molecule is O=Cc1ccccc1-c1cc(C=O)c(O)c(O)c1O. The van der Waals surface area contributed by atoms with Gasteiger partial charge in [0, 0.05) is 11.1 Å². The molecule has 0 radical (unpaired) electrons. The summed E-state index contributed by atoms with van der Waals surface area (Å²) >= 11 is 0. The summed E-state index contributed by atoms with van der Waals surface area (Å²) < 4.78 is 0. The van der Waals surface area contributed by atoms with Crippen molar-refractivity contribution in [1.82, 2.24) is 0 Å². The van der Waals surface area contributed by atoms with E-state index >= 15 is 0 Å². The van der Waals surface area contributed by atoms with E-state index in [-0.39, 0.29) is 11.1 Å². The van der Waals surface area contributed by atoms with Gasteiger partial charge in [-0.2, -0.15) is 0 Å². The molecule has 0 fully saturated rings. The molecule has 0 aliphatic heterocycles. The summed E-state index contributed by atoms with van der Waals surface area (Å²) in [6, 6.07) is 7.59. The number of phenols is 3. The van der Waals surface area contributed by atoms with Crippen molar-refractivity contribution in [3.05, 3.63) is 41.5 Å². The first-order valence-electron chi connectivity index (χ1n) is 5.37. The molecule has 0 aliphatic carbocycles. The summed E-state index contributed by atoms with van der Waals surface area (Å²) in [6.07, 6.45) is 0.945. The van der Waals surface area contributed by atoms with Crippen LogP contribution >= 0.6 is 0 Å². The van der Waals surface area contributed by atoms with Crippen molar-refractivity contribution in [3.63, 3.8) is 0 Å². The van der Waals surface area contributed by atoms with Crippen molar-refractivity contribution >= 4 is 12.6 Å². The van der Waals surface area contributed by atoms with Crippen molar-refractivity contribution in [3.8, 4) is 28.4 Å². The Hall–Kier alpha value is -2.82. The fourth-order valence-corrected chi connectivity index (χ4v) is 1.81. The first-order valence-corrected chi connectivity index (χ1v) is 5.37. The molecule has 19 heavy (non-hydrogen) atoms. The molecule has 0 bridgehead atoms. The minimum absolute atomic E-state index is 0.0973. The molecular formula is C14H10O5. The highest BCUT2D eigenvalue weighted by Gasteiger charge is 2.18. The molecule has 0 aliphatic rings. The maximum atomic E-state index is 11.0. The van der Waals surface area contributed by atoms with Gasteiger partial charge in [0.25, 0.3) is 0 Å². The lowest BCUT2D eigenvalue weighted by atomic mass is 9.97. The van der Waals surface area contributed by atoms with Crippen LogP contribution in [-0.4, -0.2) is 27.9 Å². The number of rotatable bonds is 3. The minimum atomic E-state index is -0.791. The number of carbonyl (C=O) groups is 2. The van der Waals surface area contributed by atoms with E-state index in [2.05, 4.69) is 0 Å². The third-order valence-corrected chi connectivity index (χ3v) is 2.78. The molecule has 0 unspecified atom stereocenters. The van der Waals surface area contributed by atoms with Crippen LogP contribution in [0.3, 0.4) is 0 Å². The third-order valence-electron chi connectivity index (χ3n) is 2.78. The Labute approximate surface area is 108 Å². The highest BCUT2D eigenvalue weighted by atomic mass is 16.3. The monoisotopic (exact) mass is 258 g/mol. The van der Waals surface area contributed by atoms with E-state index in [4.69, 9.17) is 0 Å². The summed E-state index contributed by atoms with van der Waals surface area (Å²) in [5.41, 5.74) is 0.569. The highest BCUT2D eigenvalue weighted by Crippen LogP contribution is 2.44. The maximum absolute atomic E-state index is 11.0. The van der Waals surface area contributed by atoms with Crippen LogP contribution in [0.15, 0.2) is 30.3 Å². The number of carbonyl (C=O) groups excluding carboxylic acids is 2. The van der Waals surface area contributed by atoms with Crippen LogP contribution in [0, 0.1) is 0 Å². The predicted molar refractivity (Wildman–Crippen MR) is 67.6 cm³/mol. The molecule has 2 rings (SSSR count). The number of aldehydes is 2. The zero-order chi connectivity index (χ0) is 14.0. The normalized spacial score (nSPS) is 10.1. The predicted octanol–water partition coefficient (Wildman–Crippen LogP) is 2.10. The number of hydrogen-bond donors (Lipinski definition) is 3. The minimum Gasteiger partial charge on any atom is -0.504 e. The second kappa shape index (κ2) is 4.81. The van der Waals surface area contributed by atoms with E-state index in [0.29, 0.717) is 23.7 Å². The lowest BCUT2D eigenvalue weighted by molar-refractivity contribution is 0.111. The van der Waals surface area contributed by atoms with Crippen LogP contribution in [0.5, 0.6) is 17.2 Å². The van der Waals surface area contributed by atoms with Gasteiger partial charge in [0.2, 0.25) is 5.75 Å². The van der Waals surface area contributed by atoms with Gasteiger partial charge in [0.1, 0.15) is 0 Å². The Morgan fingerprint density at radius 3 is 2.00 bits per heavy atom. The fraction of sp³-hybridized carbons (Fsp3) is 0. The zero-order valence-electron chi connectivity index (χ0n) is 9.70. The standard InChI is InChI=1S/C14H10O5/c15-6-8-3-1-2-4-10(8)11-5-9(7-16)12(17)14(19)13(11)18/h1-7,17-19H. The smallest absolute Gasteiger partial charge is 0.201 e. The van der Waals surface area contributed by atoms with Gasteiger partial charge < -0.3 is 15.3 Å². The summed E-state index contributed by atoms with van der Waals surface area (Å²) in [7, 11) is 0. The fourth-order valence-electron chi connectivity index (χ4n) is 1.81. The van der Waals surface area contributed by atoms with Gasteiger partial charge in [0.05, 0.1) is 5.56 Å². The Morgan fingerprint density at radius 2 is 1.37 bits per heavy atom. The van der Waals surface area contributed by atoms with Gasteiger partial charge in [0.15, 0.2) is 24.1 Å². The van der Waals surface area contributed by atoms with Crippen LogP contribution in [0.1, 0.15) is 20.7 Å². The first kappa shape index (κ1) is 12.6. The van der Waals surface area contributed by atoms with Gasteiger partial charge in [-0.1, -0.05) is 24.3 Å². The van der Waals surface area contributed by atoms with Gasteiger partial charge in [-0.3, -0.25) is 9.59 Å². The number of benzene rings is 2. The van der Waals surface area contributed by atoms with Gasteiger partial charge in [-0.05, 0) is 11.6 Å². The molecule has 5 heteroatoms. The molecule has 0 saturated heterocycles. The molecule has 0 amide bonds. The van der Waals surface area contributed by atoms with E-state index in [0.717, 1.165) is 0 Å². The van der Waals surface area contributed by atoms with Crippen molar-refractivity contribution in [2.24, 2.45) is 0 Å². The molecule has 0 heterocycles. The van der Waals surface area contributed by atoms with E-state index in [9.17, 15) is 24.9 Å². The topological polar surface area (TPSA) is 94.8 Å². The number of phenolic OH excluding ortho intramolecular Hbond substituents is 3. The van der Waals surface area contributed by atoms with Gasteiger partial charge in [-0.25, -0.2) is 0 Å². The molecule has 3 N–H and O–H groups in total. The Bertz CT molecular complexity index is 661. The molecule has 0 spiro atoms. The Morgan fingerprint density at radius 1 is 0.737 bits per heavy atom. The Balaban J connectivity index is 2.79. The van der Waals surface area contributed by atoms with Crippen LogP contribution in [-0.2, 0) is 0 Å². The number of hydrogen-bond acceptors (Lipinski definition) is 5. The largest absolute Gasteiger partial charge is 0.504 e. The molecule has 96 valence electrons. The van der Waals surface area contributed by atoms with Gasteiger partial charge in [-0.15, -0.1) is 0 Å². The van der Waals surface area contributed by atoms with Crippen molar-refractivity contribution < 1.29 is 24.9 Å². The van der Waals surface area contributed by atoms with E-state index < -0.39 is 17.2 Å². The van der Waals surface area contributed by atoms with Crippen LogP contribution in [0.4, 0.5) is 0 Å². The van der Waals surface area contributed by atoms with Crippen molar-refractivity contribution in [2.45, 2.75) is 0 Å². The molecule has 0 aromatic heterocycles. The maximum Gasteiger partial charge on any atom is 0.201 e. The molecule has 2 aromatic rings. The molecule has 0 atom stereocenters. The first-order chi connectivity index (χ1) is 9.10.